The van der Waals surface area contributed by atoms with E-state index < -0.39 is 5.97 Å². The molecule has 1 aliphatic rings. The van der Waals surface area contributed by atoms with Crippen molar-refractivity contribution < 1.29 is 14.3 Å². The smallest absolute Gasteiger partial charge is 0.340 e. The van der Waals surface area contributed by atoms with Gasteiger partial charge in [0, 0.05) is 20.2 Å². The first kappa shape index (κ1) is 19.7. The van der Waals surface area contributed by atoms with E-state index in [0.29, 0.717) is 21.4 Å². The SMILES string of the molecule is COC(=O)C1=C(C)N(c2cc(Cl)cc(Cl)c2)C(=O)/C1=C\c1ccc(Br)cc1. The first-order valence-electron chi connectivity index (χ1n) is 7.89. The van der Waals surface area contributed by atoms with Crippen LogP contribution in [-0.4, -0.2) is 19.0 Å². The maximum atomic E-state index is 13.2. The Bertz CT molecular complexity index is 977. The Morgan fingerprint density at radius 3 is 2.26 bits per heavy atom. The van der Waals surface area contributed by atoms with Crippen LogP contribution >= 0.6 is 39.1 Å². The van der Waals surface area contributed by atoms with Crippen molar-refractivity contribution in [3.05, 3.63) is 79.4 Å². The van der Waals surface area contributed by atoms with Crippen LogP contribution in [0, 0.1) is 0 Å². The summed E-state index contributed by atoms with van der Waals surface area (Å²) in [5.74, 6) is -0.936. The molecule has 1 aliphatic heterocycles. The second-order valence-electron chi connectivity index (χ2n) is 5.83. The molecule has 0 bridgehead atoms. The Hall–Kier alpha value is -2.08. The van der Waals surface area contributed by atoms with Crippen LogP contribution in [0.3, 0.4) is 0 Å². The molecule has 3 rings (SSSR count). The number of benzene rings is 2. The number of esters is 1. The van der Waals surface area contributed by atoms with Crippen LogP contribution in [0.25, 0.3) is 6.08 Å². The highest BCUT2D eigenvalue weighted by Crippen LogP contribution is 2.37. The molecule has 2 aromatic rings. The zero-order valence-electron chi connectivity index (χ0n) is 14.4. The average Bonchev–Trinajstić information content (AvgIpc) is 2.85. The molecule has 0 saturated carbocycles. The van der Waals surface area contributed by atoms with Gasteiger partial charge >= 0.3 is 5.97 Å². The maximum absolute atomic E-state index is 13.2. The number of ether oxygens (including phenoxy) is 1. The number of rotatable bonds is 3. The van der Waals surface area contributed by atoms with E-state index in [1.54, 1.807) is 31.2 Å². The molecule has 0 fully saturated rings. The minimum atomic E-state index is -0.583. The lowest BCUT2D eigenvalue weighted by molar-refractivity contribution is -0.136. The third kappa shape index (κ3) is 3.95. The van der Waals surface area contributed by atoms with Gasteiger partial charge in [-0.25, -0.2) is 4.79 Å². The van der Waals surface area contributed by atoms with Crippen LogP contribution in [0.1, 0.15) is 12.5 Å². The number of hydrogen-bond donors (Lipinski definition) is 0. The number of hydrogen-bond acceptors (Lipinski definition) is 3. The topological polar surface area (TPSA) is 46.6 Å². The van der Waals surface area contributed by atoms with Crippen molar-refractivity contribution in [2.75, 3.05) is 12.0 Å². The van der Waals surface area contributed by atoms with Gasteiger partial charge in [0.1, 0.15) is 0 Å². The predicted octanol–water partition coefficient (Wildman–Crippen LogP) is 5.63. The molecule has 7 heteroatoms. The summed E-state index contributed by atoms with van der Waals surface area (Å²) in [4.78, 5) is 26.9. The monoisotopic (exact) mass is 465 g/mol. The van der Waals surface area contributed by atoms with Gasteiger partial charge in [0.25, 0.3) is 5.91 Å². The molecule has 0 N–H and O–H groups in total. The Kier molecular flexibility index (Phi) is 5.75. The Labute approximate surface area is 175 Å². The summed E-state index contributed by atoms with van der Waals surface area (Å²) in [6.45, 7) is 1.68. The number of carbonyl (C=O) groups is 2. The van der Waals surface area contributed by atoms with Crippen molar-refractivity contribution in [3.8, 4) is 0 Å². The van der Waals surface area contributed by atoms with Crippen LogP contribution in [-0.2, 0) is 14.3 Å². The van der Waals surface area contributed by atoms with Crippen LogP contribution in [0.15, 0.2) is 63.8 Å². The van der Waals surface area contributed by atoms with Gasteiger partial charge in [-0.05, 0) is 48.9 Å². The largest absolute Gasteiger partial charge is 0.465 e. The third-order valence-corrected chi connectivity index (χ3v) is 5.04. The van der Waals surface area contributed by atoms with Gasteiger partial charge < -0.3 is 4.74 Å². The van der Waals surface area contributed by atoms with E-state index in [9.17, 15) is 9.59 Å². The number of methoxy groups -OCH3 is 1. The summed E-state index contributed by atoms with van der Waals surface area (Å²) in [7, 11) is 1.28. The molecule has 0 spiro atoms. The molecule has 1 amide bonds. The highest BCUT2D eigenvalue weighted by atomic mass is 79.9. The molecule has 0 atom stereocenters. The fraction of sp³-hybridized carbons (Fsp3) is 0.100. The molecule has 0 saturated heterocycles. The van der Waals surface area contributed by atoms with Crippen molar-refractivity contribution in [1.29, 1.82) is 0 Å². The first-order valence-corrected chi connectivity index (χ1v) is 9.44. The number of halogens is 3. The molecule has 27 heavy (non-hydrogen) atoms. The van der Waals surface area contributed by atoms with Gasteiger partial charge in [-0.1, -0.05) is 51.3 Å². The van der Waals surface area contributed by atoms with Gasteiger partial charge in [-0.15, -0.1) is 0 Å². The Morgan fingerprint density at radius 1 is 1.11 bits per heavy atom. The molecule has 0 unspecified atom stereocenters. The van der Waals surface area contributed by atoms with Gasteiger partial charge in [0.2, 0.25) is 0 Å². The lowest BCUT2D eigenvalue weighted by atomic mass is 10.0. The van der Waals surface area contributed by atoms with E-state index in [-0.39, 0.29) is 17.1 Å². The van der Waals surface area contributed by atoms with E-state index in [2.05, 4.69) is 15.9 Å². The molecular formula is C20H14BrCl2NO3. The van der Waals surface area contributed by atoms with Crippen LogP contribution in [0.5, 0.6) is 0 Å². The number of nitrogens with zero attached hydrogens (tertiary/aromatic N) is 1. The summed E-state index contributed by atoms with van der Waals surface area (Å²) in [6.07, 6.45) is 1.66. The minimum Gasteiger partial charge on any atom is -0.465 e. The van der Waals surface area contributed by atoms with Crippen molar-refractivity contribution in [1.82, 2.24) is 0 Å². The van der Waals surface area contributed by atoms with Crippen molar-refractivity contribution in [3.63, 3.8) is 0 Å². The molecular weight excluding hydrogens is 453 g/mol. The molecule has 138 valence electrons. The summed E-state index contributed by atoms with van der Waals surface area (Å²) >= 11 is 15.5. The van der Waals surface area contributed by atoms with Crippen molar-refractivity contribution in [2.45, 2.75) is 6.92 Å². The lowest BCUT2D eigenvalue weighted by Crippen LogP contribution is -2.24. The van der Waals surface area contributed by atoms with Crippen molar-refractivity contribution in [2.24, 2.45) is 0 Å². The number of amides is 1. The Balaban J connectivity index is 2.15. The van der Waals surface area contributed by atoms with E-state index in [1.807, 2.05) is 24.3 Å². The van der Waals surface area contributed by atoms with Gasteiger partial charge in [-0.3, -0.25) is 9.69 Å². The van der Waals surface area contributed by atoms with E-state index in [4.69, 9.17) is 27.9 Å². The molecule has 1 heterocycles. The Morgan fingerprint density at radius 2 is 1.70 bits per heavy atom. The highest BCUT2D eigenvalue weighted by Gasteiger charge is 2.38. The minimum absolute atomic E-state index is 0.210. The van der Waals surface area contributed by atoms with Crippen LogP contribution in [0.2, 0.25) is 10.0 Å². The second kappa shape index (κ2) is 7.89. The number of carbonyl (C=O) groups excluding carboxylic acids is 2. The molecule has 0 radical (unpaired) electrons. The third-order valence-electron chi connectivity index (χ3n) is 4.08. The van der Waals surface area contributed by atoms with Gasteiger partial charge in [-0.2, -0.15) is 0 Å². The molecule has 2 aromatic carbocycles. The summed E-state index contributed by atoms with van der Waals surface area (Å²) in [5, 5.41) is 0.783. The van der Waals surface area contributed by atoms with Crippen molar-refractivity contribution >= 4 is 62.8 Å². The highest BCUT2D eigenvalue weighted by molar-refractivity contribution is 9.10. The predicted molar refractivity (Wildman–Crippen MR) is 111 cm³/mol. The normalized spacial score (nSPS) is 15.7. The fourth-order valence-electron chi connectivity index (χ4n) is 2.88. The van der Waals surface area contributed by atoms with Gasteiger partial charge in [0.05, 0.1) is 23.9 Å². The number of allylic oxidation sites excluding steroid dienone is 1. The van der Waals surface area contributed by atoms with Crippen LogP contribution < -0.4 is 4.90 Å². The average molecular weight is 467 g/mol. The maximum Gasteiger partial charge on any atom is 0.340 e. The zero-order chi connectivity index (χ0) is 19.7. The fourth-order valence-corrected chi connectivity index (χ4v) is 3.66. The van der Waals surface area contributed by atoms with E-state index in [1.165, 1.54) is 12.0 Å². The molecule has 0 aromatic heterocycles. The van der Waals surface area contributed by atoms with E-state index >= 15 is 0 Å². The second-order valence-corrected chi connectivity index (χ2v) is 7.62. The molecule has 4 nitrogen and oxygen atoms in total. The number of anilines is 1. The summed E-state index contributed by atoms with van der Waals surface area (Å²) in [5.41, 5.74) is 2.17. The van der Waals surface area contributed by atoms with Crippen LogP contribution in [0.4, 0.5) is 5.69 Å². The van der Waals surface area contributed by atoms with Gasteiger partial charge in [0.15, 0.2) is 0 Å². The van der Waals surface area contributed by atoms with E-state index in [0.717, 1.165) is 10.0 Å². The lowest BCUT2D eigenvalue weighted by Gasteiger charge is -2.18. The molecule has 0 aliphatic carbocycles. The quantitative estimate of drug-likeness (QED) is 0.434. The standard InChI is InChI=1S/C20H14BrCl2NO3/c1-11-18(20(26)27-2)17(7-12-3-5-13(21)6-4-12)19(25)24(11)16-9-14(22)8-15(23)10-16/h3-10H,1-2H3/b17-7-. The summed E-state index contributed by atoms with van der Waals surface area (Å²) < 4.78 is 5.81. The zero-order valence-corrected chi connectivity index (χ0v) is 17.5. The summed E-state index contributed by atoms with van der Waals surface area (Å²) in [6, 6.07) is 12.2. The first-order chi connectivity index (χ1) is 12.8.